The summed E-state index contributed by atoms with van der Waals surface area (Å²) >= 11 is 1.81. The Morgan fingerprint density at radius 2 is 2.21 bits per heavy atom. The van der Waals surface area contributed by atoms with Crippen LogP contribution in [0.25, 0.3) is 5.52 Å². The molecule has 1 saturated carbocycles. The maximum absolute atomic E-state index is 12.7. The van der Waals surface area contributed by atoms with Crippen molar-refractivity contribution in [1.29, 1.82) is 0 Å². The molecule has 5 nitrogen and oxygen atoms in total. The Labute approximate surface area is 146 Å². The van der Waals surface area contributed by atoms with Gasteiger partial charge in [0.1, 0.15) is 5.82 Å². The number of nitrogens with zero attached hydrogens (tertiary/aromatic N) is 2. The first-order valence-corrected chi connectivity index (χ1v) is 9.63. The number of imidazole rings is 1. The Bertz CT molecular complexity index is 774. The molecule has 1 unspecified atom stereocenters. The molecule has 6 heteroatoms. The number of carbonyl (C=O) groups excluding carboxylic acids is 1. The highest BCUT2D eigenvalue weighted by Crippen LogP contribution is 2.49. The van der Waals surface area contributed by atoms with E-state index in [0.29, 0.717) is 11.8 Å². The summed E-state index contributed by atoms with van der Waals surface area (Å²) < 4.78 is 2.10. The van der Waals surface area contributed by atoms with E-state index in [0.717, 1.165) is 30.2 Å². The molecule has 2 aromatic rings. The first-order chi connectivity index (χ1) is 11.5. The lowest BCUT2D eigenvalue weighted by molar-refractivity contribution is -0.124. The van der Waals surface area contributed by atoms with Gasteiger partial charge in [-0.25, -0.2) is 4.98 Å². The normalized spacial score (nSPS) is 25.7. The van der Waals surface area contributed by atoms with Crippen molar-refractivity contribution in [3.8, 4) is 0 Å². The second-order valence-electron chi connectivity index (χ2n) is 7.27. The van der Waals surface area contributed by atoms with Gasteiger partial charge in [0.25, 0.3) is 0 Å². The van der Waals surface area contributed by atoms with Crippen LogP contribution in [0.5, 0.6) is 0 Å². The summed E-state index contributed by atoms with van der Waals surface area (Å²) in [6, 6.07) is 4.17. The van der Waals surface area contributed by atoms with Crippen molar-refractivity contribution in [2.24, 2.45) is 17.8 Å². The molecule has 2 N–H and O–H groups in total. The van der Waals surface area contributed by atoms with Crippen LogP contribution < -0.4 is 10.6 Å². The zero-order valence-corrected chi connectivity index (χ0v) is 15.2. The summed E-state index contributed by atoms with van der Waals surface area (Å²) in [6.07, 6.45) is 3.94. The number of piperidine rings is 1. The molecule has 0 spiro atoms. The fraction of sp³-hybridized carbons (Fsp3) is 0.556. The number of fused-ring (bicyclic) bond motifs is 2. The molecule has 1 saturated heterocycles. The van der Waals surface area contributed by atoms with Crippen LogP contribution in [0.15, 0.2) is 29.4 Å². The molecule has 3 heterocycles. The van der Waals surface area contributed by atoms with Gasteiger partial charge in [-0.3, -0.25) is 4.79 Å². The highest BCUT2D eigenvalue weighted by Gasteiger charge is 2.57. The maximum atomic E-state index is 12.7. The van der Waals surface area contributed by atoms with Gasteiger partial charge in [0.15, 0.2) is 0 Å². The molecular weight excluding hydrogens is 320 g/mol. The number of amides is 1. The molecule has 128 valence electrons. The Morgan fingerprint density at radius 1 is 1.46 bits per heavy atom. The van der Waals surface area contributed by atoms with Crippen LogP contribution in [-0.4, -0.2) is 34.1 Å². The predicted octanol–water partition coefficient (Wildman–Crippen LogP) is 2.26. The summed E-state index contributed by atoms with van der Waals surface area (Å²) in [5, 5.41) is 6.58. The van der Waals surface area contributed by atoms with Crippen LogP contribution >= 0.6 is 11.8 Å². The second kappa shape index (κ2) is 5.77. The van der Waals surface area contributed by atoms with E-state index in [1.54, 1.807) is 0 Å². The monoisotopic (exact) mass is 344 g/mol. The Morgan fingerprint density at radius 3 is 2.92 bits per heavy atom. The van der Waals surface area contributed by atoms with Gasteiger partial charge >= 0.3 is 0 Å². The van der Waals surface area contributed by atoms with Crippen LogP contribution in [0, 0.1) is 17.8 Å². The van der Waals surface area contributed by atoms with Crippen LogP contribution in [-0.2, 0) is 10.3 Å². The molecule has 4 rings (SSSR count). The van der Waals surface area contributed by atoms with Gasteiger partial charge in [0.2, 0.25) is 5.91 Å². The second-order valence-corrected chi connectivity index (χ2v) is 8.57. The number of hydrogen-bond acceptors (Lipinski definition) is 4. The minimum atomic E-state index is -0.497. The molecule has 0 bridgehead atoms. The quantitative estimate of drug-likeness (QED) is 0.817. The van der Waals surface area contributed by atoms with Crippen molar-refractivity contribution in [3.05, 3.63) is 30.4 Å². The third kappa shape index (κ3) is 2.52. The van der Waals surface area contributed by atoms with Crippen molar-refractivity contribution in [2.45, 2.75) is 31.2 Å². The highest BCUT2D eigenvalue weighted by molar-refractivity contribution is 7.99. The lowest BCUT2D eigenvalue weighted by atomic mass is 10.0. The molecule has 1 amide bonds. The van der Waals surface area contributed by atoms with E-state index in [4.69, 9.17) is 0 Å². The van der Waals surface area contributed by atoms with Gasteiger partial charge in [0.05, 0.1) is 17.3 Å². The summed E-state index contributed by atoms with van der Waals surface area (Å²) in [7, 11) is 0. The fourth-order valence-electron chi connectivity index (χ4n) is 3.99. The van der Waals surface area contributed by atoms with Crippen LogP contribution in [0.1, 0.15) is 26.6 Å². The van der Waals surface area contributed by atoms with E-state index in [1.807, 2.05) is 44.1 Å². The van der Waals surface area contributed by atoms with Gasteiger partial charge in [-0.05, 0) is 56.7 Å². The first-order valence-electron chi connectivity index (χ1n) is 8.65. The highest BCUT2D eigenvalue weighted by atomic mass is 32.2. The minimum absolute atomic E-state index is 0.173. The number of hydrogen-bond donors (Lipinski definition) is 2. The van der Waals surface area contributed by atoms with Gasteiger partial charge in [-0.1, -0.05) is 6.92 Å². The smallest absolute Gasteiger partial charge is 0.224 e. The summed E-state index contributed by atoms with van der Waals surface area (Å²) in [5.74, 6) is 3.33. The number of pyridine rings is 1. The van der Waals surface area contributed by atoms with Crippen LogP contribution in [0.3, 0.4) is 0 Å². The Hall–Kier alpha value is -1.53. The number of thioether (sulfide) groups is 1. The van der Waals surface area contributed by atoms with Gasteiger partial charge in [0, 0.05) is 17.0 Å². The van der Waals surface area contributed by atoms with Crippen molar-refractivity contribution >= 4 is 23.2 Å². The van der Waals surface area contributed by atoms with E-state index in [1.165, 1.54) is 4.90 Å². The zero-order valence-electron chi connectivity index (χ0n) is 14.4. The SMILES string of the molecule is CCSc1cccn2c(C(C)(C)NC(=O)C3[C@H]4CNC[C@@H]34)ncc12. The molecule has 0 radical (unpaired) electrons. The molecule has 1 aliphatic carbocycles. The van der Waals surface area contributed by atoms with Gasteiger partial charge in [-0.15, -0.1) is 11.8 Å². The Balaban J connectivity index is 1.59. The predicted molar refractivity (Wildman–Crippen MR) is 96.1 cm³/mol. The van der Waals surface area contributed by atoms with Gasteiger partial charge in [-0.2, -0.15) is 0 Å². The topological polar surface area (TPSA) is 58.4 Å². The Kier molecular flexibility index (Phi) is 3.84. The van der Waals surface area contributed by atoms with Crippen molar-refractivity contribution < 1.29 is 4.79 Å². The standard InChI is InChI=1S/C18H24N4OS/c1-4-24-14-6-5-7-22-13(14)10-20-17(22)18(2,3)21-16(23)15-11-8-19-9-12(11)15/h5-7,10-12,15,19H,4,8-9H2,1-3H3,(H,21,23)/t11-,12+,15?. The molecule has 1 aliphatic heterocycles. The van der Waals surface area contributed by atoms with Crippen LogP contribution in [0.4, 0.5) is 0 Å². The average Bonchev–Trinajstić information content (AvgIpc) is 2.91. The van der Waals surface area contributed by atoms with E-state index < -0.39 is 5.54 Å². The molecule has 24 heavy (non-hydrogen) atoms. The van der Waals surface area contributed by atoms with Crippen LogP contribution in [0.2, 0.25) is 0 Å². The summed E-state index contributed by atoms with van der Waals surface area (Å²) in [6.45, 7) is 8.18. The zero-order chi connectivity index (χ0) is 16.9. The van der Waals surface area contributed by atoms with E-state index in [9.17, 15) is 4.79 Å². The molecule has 2 aliphatic rings. The molecule has 0 aromatic carbocycles. The molecule has 3 atom stereocenters. The lowest BCUT2D eigenvalue weighted by Gasteiger charge is -2.26. The lowest BCUT2D eigenvalue weighted by Crippen LogP contribution is -2.44. The number of aromatic nitrogens is 2. The third-order valence-corrected chi connectivity index (χ3v) is 6.17. The van der Waals surface area contributed by atoms with E-state index >= 15 is 0 Å². The van der Waals surface area contributed by atoms with Crippen molar-refractivity contribution in [2.75, 3.05) is 18.8 Å². The van der Waals surface area contributed by atoms with Gasteiger partial charge < -0.3 is 15.0 Å². The minimum Gasteiger partial charge on any atom is -0.344 e. The van der Waals surface area contributed by atoms with E-state index in [-0.39, 0.29) is 11.8 Å². The average molecular weight is 344 g/mol. The largest absolute Gasteiger partial charge is 0.344 e. The number of rotatable bonds is 5. The van der Waals surface area contributed by atoms with Crippen molar-refractivity contribution in [3.63, 3.8) is 0 Å². The fourth-order valence-corrected chi connectivity index (χ4v) is 4.78. The maximum Gasteiger partial charge on any atom is 0.224 e. The van der Waals surface area contributed by atoms with Crippen molar-refractivity contribution in [1.82, 2.24) is 20.0 Å². The third-order valence-electron chi connectivity index (χ3n) is 5.22. The van der Waals surface area contributed by atoms with E-state index in [2.05, 4.69) is 33.0 Å². The summed E-state index contributed by atoms with van der Waals surface area (Å²) in [5.41, 5.74) is 0.609. The first kappa shape index (κ1) is 16.0. The molecule has 2 fully saturated rings. The number of nitrogens with one attached hydrogen (secondary N) is 2. The molecule has 2 aromatic heterocycles. The number of carbonyl (C=O) groups is 1. The summed E-state index contributed by atoms with van der Waals surface area (Å²) in [4.78, 5) is 18.5. The molecular formula is C18H24N4OS.